The predicted molar refractivity (Wildman–Crippen MR) is 65.5 cm³/mol. The van der Waals surface area contributed by atoms with Gasteiger partial charge in [-0.2, -0.15) is 0 Å². The molecule has 1 atom stereocenters. The van der Waals surface area contributed by atoms with Gasteiger partial charge in [0.1, 0.15) is 0 Å². The van der Waals surface area contributed by atoms with E-state index in [-0.39, 0.29) is 12.6 Å². The van der Waals surface area contributed by atoms with Crippen molar-refractivity contribution >= 4 is 0 Å². The minimum absolute atomic E-state index is 0.245. The fraction of sp³-hybridized carbons (Fsp3) is 0.538. The van der Waals surface area contributed by atoms with E-state index in [2.05, 4.69) is 34.5 Å². The van der Waals surface area contributed by atoms with E-state index < -0.39 is 0 Å². The topological polar surface area (TPSA) is 35.5 Å². The molecule has 3 nitrogen and oxygen atoms in total. The van der Waals surface area contributed by atoms with E-state index in [9.17, 15) is 5.11 Å². The molecular formula is C13H20N2O. The summed E-state index contributed by atoms with van der Waals surface area (Å²) in [6, 6.07) is 10.7. The zero-order valence-corrected chi connectivity index (χ0v) is 9.60. The molecule has 0 saturated carbocycles. The molecule has 1 aromatic rings. The lowest BCUT2D eigenvalue weighted by molar-refractivity contribution is 0.110. The number of benzene rings is 1. The van der Waals surface area contributed by atoms with E-state index in [1.165, 1.54) is 5.56 Å². The van der Waals surface area contributed by atoms with Gasteiger partial charge >= 0.3 is 0 Å². The van der Waals surface area contributed by atoms with Crippen molar-refractivity contribution in [1.29, 1.82) is 0 Å². The molecule has 1 fully saturated rings. The number of hydrogen-bond donors (Lipinski definition) is 2. The van der Waals surface area contributed by atoms with E-state index in [1.807, 2.05) is 6.07 Å². The monoisotopic (exact) mass is 220 g/mol. The zero-order valence-electron chi connectivity index (χ0n) is 9.60. The third kappa shape index (κ3) is 3.04. The van der Waals surface area contributed by atoms with Gasteiger partial charge < -0.3 is 10.4 Å². The molecule has 3 heteroatoms. The van der Waals surface area contributed by atoms with Crippen LogP contribution in [-0.2, 0) is 6.42 Å². The largest absolute Gasteiger partial charge is 0.395 e. The first-order valence-electron chi connectivity index (χ1n) is 5.99. The summed E-state index contributed by atoms with van der Waals surface area (Å²) in [6.45, 7) is 4.39. The Bertz CT molecular complexity index is 296. The fourth-order valence-electron chi connectivity index (χ4n) is 2.24. The molecular weight excluding hydrogens is 200 g/mol. The quantitative estimate of drug-likeness (QED) is 0.775. The number of nitrogens with zero attached hydrogens (tertiary/aromatic N) is 1. The van der Waals surface area contributed by atoms with Crippen LogP contribution in [0.5, 0.6) is 0 Å². The van der Waals surface area contributed by atoms with E-state index in [0.29, 0.717) is 0 Å². The summed E-state index contributed by atoms with van der Waals surface area (Å²) in [5.74, 6) is 0. The highest BCUT2D eigenvalue weighted by atomic mass is 16.3. The summed E-state index contributed by atoms with van der Waals surface area (Å²) in [4.78, 5) is 2.38. The van der Waals surface area contributed by atoms with Crippen molar-refractivity contribution in [3.8, 4) is 0 Å². The van der Waals surface area contributed by atoms with E-state index in [4.69, 9.17) is 0 Å². The van der Waals surface area contributed by atoms with Crippen LogP contribution < -0.4 is 5.32 Å². The van der Waals surface area contributed by atoms with E-state index in [0.717, 1.165) is 32.6 Å². The molecule has 1 aromatic carbocycles. The Morgan fingerprint density at radius 1 is 1.19 bits per heavy atom. The maximum Gasteiger partial charge on any atom is 0.0590 e. The van der Waals surface area contributed by atoms with Gasteiger partial charge in [-0.1, -0.05) is 30.3 Å². The maximum atomic E-state index is 9.48. The Hall–Kier alpha value is -0.900. The van der Waals surface area contributed by atoms with Gasteiger partial charge in [0.2, 0.25) is 0 Å². The Labute approximate surface area is 97.1 Å². The maximum absolute atomic E-state index is 9.48. The first-order chi connectivity index (χ1) is 7.90. The van der Waals surface area contributed by atoms with Gasteiger partial charge in [-0.3, -0.25) is 4.90 Å². The molecule has 1 aliphatic heterocycles. The van der Waals surface area contributed by atoms with Crippen molar-refractivity contribution in [2.45, 2.75) is 12.5 Å². The molecule has 1 heterocycles. The predicted octanol–water partition coefficient (Wildman–Crippen LogP) is 0.495. The number of nitrogens with one attached hydrogen (secondary N) is 1. The number of rotatable bonds is 4. The molecule has 1 unspecified atom stereocenters. The molecule has 0 aromatic heterocycles. The number of aliphatic hydroxyl groups is 1. The SMILES string of the molecule is OCC(Cc1ccccc1)N1CCNCC1. The van der Waals surface area contributed by atoms with Crippen LogP contribution in [0.1, 0.15) is 5.56 Å². The summed E-state index contributed by atoms with van der Waals surface area (Å²) in [7, 11) is 0. The third-order valence-corrected chi connectivity index (χ3v) is 3.19. The van der Waals surface area contributed by atoms with Crippen molar-refractivity contribution in [2.75, 3.05) is 32.8 Å². The lowest BCUT2D eigenvalue weighted by Crippen LogP contribution is -2.50. The van der Waals surface area contributed by atoms with Crippen LogP contribution in [0.2, 0.25) is 0 Å². The van der Waals surface area contributed by atoms with Gasteiger partial charge in [0.05, 0.1) is 6.61 Å². The van der Waals surface area contributed by atoms with Crippen LogP contribution in [0.4, 0.5) is 0 Å². The summed E-state index contributed by atoms with van der Waals surface area (Å²) in [5, 5.41) is 12.8. The minimum atomic E-state index is 0.245. The molecule has 88 valence electrons. The second kappa shape index (κ2) is 5.99. The average molecular weight is 220 g/mol. The molecule has 0 aliphatic carbocycles. The summed E-state index contributed by atoms with van der Waals surface area (Å²) < 4.78 is 0. The lowest BCUT2D eigenvalue weighted by Gasteiger charge is -2.34. The Morgan fingerprint density at radius 3 is 2.50 bits per heavy atom. The van der Waals surface area contributed by atoms with Gasteiger partial charge in [-0.15, -0.1) is 0 Å². The highest BCUT2D eigenvalue weighted by molar-refractivity contribution is 5.16. The molecule has 1 saturated heterocycles. The van der Waals surface area contributed by atoms with E-state index >= 15 is 0 Å². The first kappa shape index (κ1) is 11.6. The van der Waals surface area contributed by atoms with Crippen molar-refractivity contribution in [3.05, 3.63) is 35.9 Å². The van der Waals surface area contributed by atoms with Crippen LogP contribution in [0.3, 0.4) is 0 Å². The number of piperazine rings is 1. The Morgan fingerprint density at radius 2 is 1.88 bits per heavy atom. The highest BCUT2D eigenvalue weighted by Gasteiger charge is 2.19. The van der Waals surface area contributed by atoms with Crippen molar-refractivity contribution < 1.29 is 5.11 Å². The second-order valence-electron chi connectivity index (χ2n) is 4.31. The molecule has 0 bridgehead atoms. The number of hydrogen-bond acceptors (Lipinski definition) is 3. The molecule has 1 aliphatic rings. The van der Waals surface area contributed by atoms with Crippen molar-refractivity contribution in [3.63, 3.8) is 0 Å². The number of aliphatic hydroxyl groups excluding tert-OH is 1. The molecule has 0 spiro atoms. The Balaban J connectivity index is 1.94. The molecule has 0 radical (unpaired) electrons. The normalized spacial score (nSPS) is 19.6. The molecule has 2 rings (SSSR count). The van der Waals surface area contributed by atoms with Crippen LogP contribution >= 0.6 is 0 Å². The average Bonchev–Trinajstić information content (AvgIpc) is 2.38. The lowest BCUT2D eigenvalue weighted by atomic mass is 10.0. The van der Waals surface area contributed by atoms with Crippen LogP contribution in [0.25, 0.3) is 0 Å². The van der Waals surface area contributed by atoms with Crippen molar-refractivity contribution in [2.24, 2.45) is 0 Å². The van der Waals surface area contributed by atoms with Gasteiger partial charge in [0.25, 0.3) is 0 Å². The first-order valence-corrected chi connectivity index (χ1v) is 5.99. The summed E-state index contributed by atoms with van der Waals surface area (Å²) in [5.41, 5.74) is 1.31. The van der Waals surface area contributed by atoms with Crippen LogP contribution in [0, 0.1) is 0 Å². The van der Waals surface area contributed by atoms with Gasteiger partial charge in [0.15, 0.2) is 0 Å². The standard InChI is InChI=1S/C13H20N2O/c16-11-13(15-8-6-14-7-9-15)10-12-4-2-1-3-5-12/h1-5,13-14,16H,6-11H2. The second-order valence-corrected chi connectivity index (χ2v) is 4.31. The summed E-state index contributed by atoms with van der Waals surface area (Å²) >= 11 is 0. The fourth-order valence-corrected chi connectivity index (χ4v) is 2.24. The minimum Gasteiger partial charge on any atom is -0.395 e. The Kier molecular flexibility index (Phi) is 4.34. The van der Waals surface area contributed by atoms with E-state index in [1.54, 1.807) is 0 Å². The van der Waals surface area contributed by atoms with Gasteiger partial charge in [0, 0.05) is 32.2 Å². The van der Waals surface area contributed by atoms with Gasteiger partial charge in [-0.05, 0) is 12.0 Å². The summed E-state index contributed by atoms with van der Waals surface area (Å²) in [6.07, 6.45) is 0.942. The van der Waals surface area contributed by atoms with Crippen LogP contribution in [0.15, 0.2) is 30.3 Å². The molecule has 16 heavy (non-hydrogen) atoms. The highest BCUT2D eigenvalue weighted by Crippen LogP contribution is 2.09. The smallest absolute Gasteiger partial charge is 0.0590 e. The molecule has 0 amide bonds. The van der Waals surface area contributed by atoms with Crippen LogP contribution in [-0.4, -0.2) is 48.8 Å². The van der Waals surface area contributed by atoms with Gasteiger partial charge in [-0.25, -0.2) is 0 Å². The third-order valence-electron chi connectivity index (χ3n) is 3.19. The molecule has 2 N–H and O–H groups in total. The zero-order chi connectivity index (χ0) is 11.2. The van der Waals surface area contributed by atoms with Crippen molar-refractivity contribution in [1.82, 2.24) is 10.2 Å².